The van der Waals surface area contributed by atoms with Crippen LogP contribution in [0, 0.1) is 0 Å². The summed E-state index contributed by atoms with van der Waals surface area (Å²) in [5, 5.41) is 6.13. The van der Waals surface area contributed by atoms with Gasteiger partial charge in [0.05, 0.1) is 23.7 Å². The molecule has 0 amide bonds. The highest BCUT2D eigenvalue weighted by atomic mass is 32.2. The van der Waals surface area contributed by atoms with Crippen LogP contribution in [0.15, 0.2) is 22.0 Å². The van der Waals surface area contributed by atoms with Gasteiger partial charge in [-0.3, -0.25) is 4.79 Å². The van der Waals surface area contributed by atoms with E-state index >= 15 is 0 Å². The molecule has 0 saturated heterocycles. The lowest BCUT2D eigenvalue weighted by atomic mass is 10.3. The highest BCUT2D eigenvalue weighted by molar-refractivity contribution is 8.00. The van der Waals surface area contributed by atoms with Gasteiger partial charge in [0.15, 0.2) is 0 Å². The van der Waals surface area contributed by atoms with Crippen LogP contribution < -0.4 is 0 Å². The van der Waals surface area contributed by atoms with Crippen molar-refractivity contribution in [3.8, 4) is 10.7 Å². The van der Waals surface area contributed by atoms with E-state index in [0.29, 0.717) is 18.1 Å². The number of thiophene rings is 1. The summed E-state index contributed by atoms with van der Waals surface area (Å²) >= 11 is 3.19. The highest BCUT2D eigenvalue weighted by Crippen LogP contribution is 2.33. The molecule has 0 aromatic carbocycles. The number of hydrogen-bond donors (Lipinski definition) is 0. The summed E-state index contributed by atoms with van der Waals surface area (Å²) in [7, 11) is 1.40. The zero-order chi connectivity index (χ0) is 14.5. The Morgan fingerprint density at radius 1 is 1.55 bits per heavy atom. The van der Waals surface area contributed by atoms with Crippen LogP contribution >= 0.6 is 23.1 Å². The van der Waals surface area contributed by atoms with Gasteiger partial charge in [0.2, 0.25) is 11.7 Å². The van der Waals surface area contributed by atoms with E-state index in [9.17, 15) is 4.79 Å². The Morgan fingerprint density at radius 2 is 2.35 bits per heavy atom. The van der Waals surface area contributed by atoms with Crippen LogP contribution in [0.3, 0.4) is 0 Å². The van der Waals surface area contributed by atoms with E-state index in [1.165, 1.54) is 7.11 Å². The number of rotatable bonds is 6. The summed E-state index contributed by atoms with van der Waals surface area (Å²) in [6.07, 6.45) is 0.372. The van der Waals surface area contributed by atoms with Crippen LogP contribution in [0.2, 0.25) is 0 Å². The average Bonchev–Trinajstić information content (AvgIpc) is 3.08. The molecule has 0 aliphatic heterocycles. The van der Waals surface area contributed by atoms with Crippen LogP contribution in [0.25, 0.3) is 10.7 Å². The first-order valence-corrected chi connectivity index (χ1v) is 8.02. The second-order valence-corrected chi connectivity index (χ2v) is 7.03. The summed E-state index contributed by atoms with van der Waals surface area (Å²) in [6, 6.07) is 3.91. The highest BCUT2D eigenvalue weighted by Gasteiger charge is 2.20. The van der Waals surface area contributed by atoms with Crippen LogP contribution in [0.1, 0.15) is 31.4 Å². The fourth-order valence-electron chi connectivity index (χ4n) is 1.68. The predicted molar refractivity (Wildman–Crippen MR) is 79.7 cm³/mol. The lowest BCUT2D eigenvalue weighted by Gasteiger charge is -2.12. The summed E-state index contributed by atoms with van der Waals surface area (Å²) in [6.45, 7) is 3.97. The third-order valence-corrected chi connectivity index (χ3v) is 4.76. The molecule has 2 aromatic heterocycles. The van der Waals surface area contributed by atoms with Gasteiger partial charge in [-0.15, -0.1) is 23.1 Å². The molecule has 2 rings (SSSR count). The molecule has 7 heteroatoms. The van der Waals surface area contributed by atoms with E-state index in [4.69, 9.17) is 4.52 Å². The smallest absolute Gasteiger partial charge is 0.306 e. The van der Waals surface area contributed by atoms with E-state index in [-0.39, 0.29) is 16.5 Å². The number of ether oxygens (including phenoxy) is 1. The number of esters is 1. The lowest BCUT2D eigenvalue weighted by Crippen LogP contribution is -2.09. The Bertz CT molecular complexity index is 554. The number of hydrogen-bond acceptors (Lipinski definition) is 7. The zero-order valence-corrected chi connectivity index (χ0v) is 13.2. The van der Waals surface area contributed by atoms with E-state index in [1.807, 2.05) is 31.4 Å². The number of thioether (sulfide) groups is 1. The molecule has 5 nitrogen and oxygen atoms in total. The van der Waals surface area contributed by atoms with E-state index in [0.717, 1.165) is 4.88 Å². The number of carbonyl (C=O) groups is 1. The molecule has 0 bridgehead atoms. The SMILES string of the molecule is COC(=O)C[C@@H](C)S[C@@H](C)c1nc(-c2cccs2)no1. The Balaban J connectivity index is 1.96. The molecule has 0 saturated carbocycles. The molecule has 0 unspecified atom stereocenters. The van der Waals surface area contributed by atoms with Gasteiger partial charge in [-0.1, -0.05) is 18.1 Å². The molecule has 0 aliphatic carbocycles. The van der Waals surface area contributed by atoms with Crippen LogP contribution in [-0.4, -0.2) is 28.5 Å². The maximum atomic E-state index is 11.2. The molecular formula is C13H16N2O3S2. The Hall–Kier alpha value is -1.34. The first-order chi connectivity index (χ1) is 9.60. The van der Waals surface area contributed by atoms with Gasteiger partial charge >= 0.3 is 5.97 Å². The summed E-state index contributed by atoms with van der Waals surface area (Å²) in [5.41, 5.74) is 0. The van der Waals surface area contributed by atoms with E-state index in [2.05, 4.69) is 14.9 Å². The quantitative estimate of drug-likeness (QED) is 0.760. The Morgan fingerprint density at radius 3 is 3.00 bits per heavy atom. The molecule has 0 fully saturated rings. The van der Waals surface area contributed by atoms with Crippen molar-refractivity contribution in [1.82, 2.24) is 10.1 Å². The fraction of sp³-hybridized carbons (Fsp3) is 0.462. The zero-order valence-electron chi connectivity index (χ0n) is 11.5. The number of carbonyl (C=O) groups excluding carboxylic acids is 1. The van der Waals surface area contributed by atoms with Crippen molar-refractivity contribution in [1.29, 1.82) is 0 Å². The molecule has 0 aliphatic rings. The standard InChI is InChI=1S/C13H16N2O3S2/c1-8(7-11(16)17-3)20-9(2)13-14-12(15-18-13)10-5-4-6-19-10/h4-6,8-9H,7H2,1-3H3/t8-,9+/m1/s1. The monoisotopic (exact) mass is 312 g/mol. The number of nitrogens with zero attached hydrogens (tertiary/aromatic N) is 2. The average molecular weight is 312 g/mol. The molecule has 0 N–H and O–H groups in total. The van der Waals surface area contributed by atoms with Crippen molar-refractivity contribution in [2.75, 3.05) is 7.11 Å². The van der Waals surface area contributed by atoms with Gasteiger partial charge in [-0.2, -0.15) is 4.98 Å². The van der Waals surface area contributed by atoms with Gasteiger partial charge in [0.1, 0.15) is 0 Å². The number of aromatic nitrogens is 2. The van der Waals surface area contributed by atoms with Crippen molar-refractivity contribution in [2.24, 2.45) is 0 Å². The van der Waals surface area contributed by atoms with Gasteiger partial charge in [-0.25, -0.2) is 0 Å². The number of methoxy groups -OCH3 is 1. The minimum absolute atomic E-state index is 0.0378. The van der Waals surface area contributed by atoms with Gasteiger partial charge < -0.3 is 9.26 Å². The van der Waals surface area contributed by atoms with Crippen molar-refractivity contribution in [2.45, 2.75) is 30.8 Å². The van der Waals surface area contributed by atoms with Gasteiger partial charge in [0, 0.05) is 5.25 Å². The minimum Gasteiger partial charge on any atom is -0.469 e. The normalized spacial score (nSPS) is 13.9. The Kier molecular flexibility index (Phi) is 5.19. The van der Waals surface area contributed by atoms with E-state index in [1.54, 1.807) is 23.1 Å². The summed E-state index contributed by atoms with van der Waals surface area (Å²) < 4.78 is 9.95. The second kappa shape index (κ2) is 6.90. The molecule has 2 aromatic rings. The third-order valence-electron chi connectivity index (χ3n) is 2.65. The van der Waals surface area contributed by atoms with Crippen molar-refractivity contribution in [3.63, 3.8) is 0 Å². The third kappa shape index (κ3) is 3.83. The fourth-order valence-corrected chi connectivity index (χ4v) is 3.47. The van der Waals surface area contributed by atoms with Gasteiger partial charge in [-0.05, 0) is 18.4 Å². The Labute approximate surface area is 125 Å². The molecule has 108 valence electrons. The van der Waals surface area contributed by atoms with Gasteiger partial charge in [0.25, 0.3) is 0 Å². The van der Waals surface area contributed by atoms with Crippen molar-refractivity contribution in [3.05, 3.63) is 23.4 Å². The maximum Gasteiger partial charge on any atom is 0.306 e. The van der Waals surface area contributed by atoms with Crippen LogP contribution in [0.4, 0.5) is 0 Å². The summed E-state index contributed by atoms with van der Waals surface area (Å²) in [5.74, 6) is 0.986. The van der Waals surface area contributed by atoms with Crippen molar-refractivity contribution < 1.29 is 14.1 Å². The van der Waals surface area contributed by atoms with Crippen LogP contribution in [-0.2, 0) is 9.53 Å². The second-order valence-electron chi connectivity index (χ2n) is 4.30. The molecular weight excluding hydrogens is 296 g/mol. The van der Waals surface area contributed by atoms with Crippen LogP contribution in [0.5, 0.6) is 0 Å². The molecule has 2 atom stereocenters. The topological polar surface area (TPSA) is 65.2 Å². The molecule has 20 heavy (non-hydrogen) atoms. The largest absolute Gasteiger partial charge is 0.469 e. The molecule has 0 spiro atoms. The molecule has 0 radical (unpaired) electrons. The maximum absolute atomic E-state index is 11.2. The first kappa shape index (κ1) is 15.1. The first-order valence-electron chi connectivity index (χ1n) is 6.20. The summed E-state index contributed by atoms with van der Waals surface area (Å²) in [4.78, 5) is 16.6. The van der Waals surface area contributed by atoms with E-state index < -0.39 is 0 Å². The molecule has 2 heterocycles. The predicted octanol–water partition coefficient (Wildman–Crippen LogP) is 3.54. The lowest BCUT2D eigenvalue weighted by molar-refractivity contribution is -0.140. The minimum atomic E-state index is -0.206. The van der Waals surface area contributed by atoms with Crippen molar-refractivity contribution >= 4 is 29.1 Å².